The molecule has 1 aliphatic carbocycles. The molecule has 1 aromatic heterocycles. The molecule has 9 nitrogen and oxygen atoms in total. The van der Waals surface area contributed by atoms with Gasteiger partial charge in [-0.15, -0.1) is 5.10 Å². The highest BCUT2D eigenvalue weighted by atomic mass is 32.2. The number of rotatable bonds is 8. The van der Waals surface area contributed by atoms with E-state index in [1.807, 2.05) is 0 Å². The summed E-state index contributed by atoms with van der Waals surface area (Å²) in [7, 11) is -1.92. The number of hydrogen-bond acceptors (Lipinski definition) is 6. The monoisotopic (exact) mass is 565 g/mol. The predicted molar refractivity (Wildman–Crippen MR) is 143 cm³/mol. The molecule has 1 amide bonds. The Morgan fingerprint density at radius 1 is 1.08 bits per heavy atom. The molecule has 2 fully saturated rings. The number of nitrogens with zero attached hydrogens (tertiary/aromatic N) is 3. The van der Waals surface area contributed by atoms with Crippen molar-refractivity contribution in [1.82, 2.24) is 9.78 Å². The van der Waals surface area contributed by atoms with Crippen LogP contribution in [0.2, 0.25) is 0 Å². The van der Waals surface area contributed by atoms with Crippen molar-refractivity contribution in [3.63, 3.8) is 0 Å². The van der Waals surface area contributed by atoms with Crippen LogP contribution in [0.5, 0.6) is 5.88 Å². The first kappa shape index (κ1) is 27.1. The lowest BCUT2D eigenvalue weighted by atomic mass is 9.93. The minimum Gasteiger partial charge on any atom is -0.467 e. The minimum atomic E-state index is -4.52. The van der Waals surface area contributed by atoms with Crippen molar-refractivity contribution in [2.45, 2.75) is 38.8 Å². The molecule has 5 rings (SSSR count). The molecule has 39 heavy (non-hydrogen) atoms. The number of ether oxygens (including phenoxy) is 1. The Bertz CT molecular complexity index is 1510. The van der Waals surface area contributed by atoms with Crippen LogP contribution < -0.4 is 19.7 Å². The summed E-state index contributed by atoms with van der Waals surface area (Å²) in [5.41, 5.74) is 2.66. The maximum Gasteiger partial charge on any atom is 0.422 e. The van der Waals surface area contributed by atoms with Crippen molar-refractivity contribution in [2.24, 2.45) is 12.5 Å². The number of hydrogen-bond donors (Lipinski definition) is 2. The van der Waals surface area contributed by atoms with Gasteiger partial charge in [0.15, 0.2) is 6.61 Å². The number of carbonyl (C=O) groups excluding carboxylic acids is 1. The molecule has 1 saturated carbocycles. The molecule has 0 atom stereocenters. The van der Waals surface area contributed by atoms with Crippen LogP contribution in [-0.2, 0) is 17.1 Å². The third kappa shape index (κ3) is 6.07. The number of amides is 1. The number of piperidine rings is 1. The van der Waals surface area contributed by atoms with E-state index < -0.39 is 28.7 Å². The maximum atomic E-state index is 13.5. The predicted octanol–water partition coefficient (Wildman–Crippen LogP) is 4.91. The first-order chi connectivity index (χ1) is 18.4. The van der Waals surface area contributed by atoms with Crippen molar-refractivity contribution in [3.8, 4) is 5.88 Å². The van der Waals surface area contributed by atoms with E-state index in [0.717, 1.165) is 25.9 Å². The number of aryl methyl sites for hydroxylation is 1. The van der Waals surface area contributed by atoms with Gasteiger partial charge in [-0.1, -0.05) is 0 Å². The molecule has 1 spiro atoms. The van der Waals surface area contributed by atoms with Crippen LogP contribution >= 0.6 is 0 Å². The van der Waals surface area contributed by atoms with Gasteiger partial charge in [-0.05, 0) is 74.4 Å². The van der Waals surface area contributed by atoms with Crippen molar-refractivity contribution in [1.29, 1.82) is 0 Å². The van der Waals surface area contributed by atoms with Gasteiger partial charge >= 0.3 is 6.18 Å². The molecule has 1 saturated heterocycles. The Hall–Kier alpha value is -3.48. The zero-order chi connectivity index (χ0) is 28.0. The van der Waals surface area contributed by atoms with Crippen LogP contribution in [0.25, 0.3) is 10.9 Å². The smallest absolute Gasteiger partial charge is 0.422 e. The van der Waals surface area contributed by atoms with Gasteiger partial charge < -0.3 is 15.0 Å². The van der Waals surface area contributed by atoms with E-state index in [4.69, 9.17) is 4.74 Å². The van der Waals surface area contributed by atoms with E-state index in [1.54, 1.807) is 44.3 Å². The average Bonchev–Trinajstić information content (AvgIpc) is 3.56. The van der Waals surface area contributed by atoms with Crippen LogP contribution in [0.1, 0.15) is 43.0 Å². The molecular formula is C26H30F3N5O4S. The summed E-state index contributed by atoms with van der Waals surface area (Å²) < 4.78 is 71.3. The van der Waals surface area contributed by atoms with Gasteiger partial charge in [0.05, 0.1) is 33.6 Å². The van der Waals surface area contributed by atoms with Gasteiger partial charge in [-0.3, -0.25) is 14.2 Å². The quantitative estimate of drug-likeness (QED) is 0.402. The van der Waals surface area contributed by atoms with Gasteiger partial charge in [0.1, 0.15) is 0 Å². The number of halogens is 3. The molecule has 0 radical (unpaired) electrons. The zero-order valence-electron chi connectivity index (χ0n) is 21.6. The first-order valence-electron chi connectivity index (χ1n) is 12.7. The van der Waals surface area contributed by atoms with Crippen LogP contribution in [0.3, 0.4) is 0 Å². The molecule has 1 aliphatic heterocycles. The second kappa shape index (κ2) is 9.92. The highest BCUT2D eigenvalue weighted by Gasteiger charge is 2.44. The van der Waals surface area contributed by atoms with Crippen molar-refractivity contribution in [2.75, 3.05) is 40.4 Å². The summed E-state index contributed by atoms with van der Waals surface area (Å²) >= 11 is 0. The first-order valence-corrected chi connectivity index (χ1v) is 14.4. The maximum absolute atomic E-state index is 13.5. The molecule has 13 heteroatoms. The van der Waals surface area contributed by atoms with Crippen LogP contribution in [-0.4, -0.2) is 55.7 Å². The van der Waals surface area contributed by atoms with Crippen LogP contribution in [0.4, 0.5) is 30.2 Å². The van der Waals surface area contributed by atoms with E-state index >= 15 is 0 Å². The largest absolute Gasteiger partial charge is 0.467 e. The second-order valence-corrected chi connectivity index (χ2v) is 12.3. The Morgan fingerprint density at radius 2 is 1.77 bits per heavy atom. The van der Waals surface area contributed by atoms with E-state index in [1.165, 1.54) is 23.6 Å². The fraction of sp³-hybridized carbons (Fsp3) is 0.462. The Labute approximate surface area is 224 Å². The Kier molecular flexibility index (Phi) is 6.90. The van der Waals surface area contributed by atoms with Gasteiger partial charge in [0.25, 0.3) is 5.91 Å². The molecule has 0 unspecified atom stereocenters. The fourth-order valence-corrected chi connectivity index (χ4v) is 5.60. The lowest BCUT2D eigenvalue weighted by molar-refractivity contribution is -0.153. The highest BCUT2D eigenvalue weighted by Crippen LogP contribution is 2.54. The van der Waals surface area contributed by atoms with E-state index in [2.05, 4.69) is 20.0 Å². The molecule has 0 bridgehead atoms. The third-order valence-corrected chi connectivity index (χ3v) is 8.77. The summed E-state index contributed by atoms with van der Waals surface area (Å²) in [5.74, 6) is -0.693. The standard InChI is InChI=1S/C26H30F3N5O4S/c1-3-39(36,37)32-18-4-6-19(22(15-18)34-12-10-25(8-9-25)11-13-34)23(35)30-17-5-7-21-20(14-17)24(31-33(21)2)38-16-26(27,28)29/h4-7,14-15,32H,3,8-13,16H2,1-2H3,(H,30,35). The number of nitrogens with one attached hydrogen (secondary N) is 2. The minimum absolute atomic E-state index is 0.0811. The Balaban J connectivity index is 1.42. The number of fused-ring (bicyclic) bond motifs is 1. The van der Waals surface area contributed by atoms with Crippen molar-refractivity contribution < 1.29 is 31.1 Å². The van der Waals surface area contributed by atoms with Gasteiger partial charge in [-0.2, -0.15) is 13.2 Å². The number of benzene rings is 2. The SMILES string of the molecule is CCS(=O)(=O)Nc1ccc(C(=O)Nc2ccc3c(c2)c(OCC(F)(F)F)nn3C)c(N2CCC3(CC2)CC3)c1. The number of carbonyl (C=O) groups is 1. The number of aromatic nitrogens is 2. The number of anilines is 3. The second-order valence-electron chi connectivity index (χ2n) is 10.2. The summed E-state index contributed by atoms with van der Waals surface area (Å²) in [6.45, 7) is 1.57. The molecule has 3 aromatic rings. The molecule has 2 aromatic carbocycles. The number of sulfonamides is 1. The normalized spacial score (nSPS) is 16.9. The third-order valence-electron chi connectivity index (χ3n) is 7.46. The van der Waals surface area contributed by atoms with Gasteiger partial charge in [0.2, 0.25) is 15.9 Å². The summed E-state index contributed by atoms with van der Waals surface area (Å²) in [4.78, 5) is 15.6. The van der Waals surface area contributed by atoms with E-state index in [9.17, 15) is 26.4 Å². The zero-order valence-corrected chi connectivity index (χ0v) is 22.5. The van der Waals surface area contributed by atoms with Gasteiger partial charge in [0, 0.05) is 25.8 Å². The molecule has 2 aliphatic rings. The van der Waals surface area contributed by atoms with Crippen molar-refractivity contribution >= 4 is 43.9 Å². The summed E-state index contributed by atoms with van der Waals surface area (Å²) in [6, 6.07) is 9.61. The van der Waals surface area contributed by atoms with Crippen LogP contribution in [0, 0.1) is 5.41 Å². The topological polar surface area (TPSA) is 106 Å². The summed E-state index contributed by atoms with van der Waals surface area (Å²) in [6.07, 6.45) is -0.0576. The van der Waals surface area contributed by atoms with E-state index in [-0.39, 0.29) is 11.6 Å². The number of alkyl halides is 3. The lowest BCUT2D eigenvalue weighted by Crippen LogP contribution is -2.35. The molecule has 210 valence electrons. The average molecular weight is 566 g/mol. The van der Waals surface area contributed by atoms with Crippen LogP contribution in [0.15, 0.2) is 36.4 Å². The molecular weight excluding hydrogens is 535 g/mol. The lowest BCUT2D eigenvalue weighted by Gasteiger charge is -2.35. The molecule has 2 N–H and O–H groups in total. The van der Waals surface area contributed by atoms with Crippen molar-refractivity contribution in [3.05, 3.63) is 42.0 Å². The fourth-order valence-electron chi connectivity index (χ4n) is 4.97. The van der Waals surface area contributed by atoms with E-state index in [0.29, 0.717) is 38.9 Å². The summed E-state index contributed by atoms with van der Waals surface area (Å²) in [5, 5.41) is 7.18. The Morgan fingerprint density at radius 3 is 2.41 bits per heavy atom. The molecule has 2 heterocycles. The van der Waals surface area contributed by atoms with Gasteiger partial charge in [-0.25, -0.2) is 8.42 Å². The highest BCUT2D eigenvalue weighted by molar-refractivity contribution is 7.92.